The highest BCUT2D eigenvalue weighted by Crippen LogP contribution is 2.26. The Morgan fingerprint density at radius 1 is 1.24 bits per heavy atom. The first-order valence-corrected chi connectivity index (χ1v) is 7.55. The summed E-state index contributed by atoms with van der Waals surface area (Å²) in [5, 5.41) is 0. The van der Waals surface area contributed by atoms with E-state index >= 15 is 0 Å². The van der Waals surface area contributed by atoms with Crippen molar-refractivity contribution in [1.29, 1.82) is 0 Å². The molecule has 1 rings (SSSR count). The van der Waals surface area contributed by atoms with E-state index < -0.39 is 9.84 Å². The number of sulfone groups is 1. The highest BCUT2D eigenvalue weighted by atomic mass is 35.5. The molecule has 0 unspecified atom stereocenters. The largest absolute Gasteiger partial charge is 0.496 e. The molecule has 0 amide bonds. The lowest BCUT2D eigenvalue weighted by Crippen LogP contribution is -2.09. The summed E-state index contributed by atoms with van der Waals surface area (Å²) >= 11 is 5.53. The molecule has 1 aromatic carbocycles. The quantitative estimate of drug-likeness (QED) is 0.777. The molecule has 5 heteroatoms. The maximum Gasteiger partial charge on any atom is 0.178 e. The van der Waals surface area contributed by atoms with Gasteiger partial charge in [0.05, 0.1) is 17.8 Å². The van der Waals surface area contributed by atoms with Crippen molar-refractivity contribution in [3.63, 3.8) is 0 Å². The highest BCUT2D eigenvalue weighted by molar-refractivity contribution is 7.91. The summed E-state index contributed by atoms with van der Waals surface area (Å²) in [6.07, 6.45) is 0.467. The SMILES string of the molecule is COc1cc(C)c(S(=O)(=O)CCCCl)cc1C. The van der Waals surface area contributed by atoms with Gasteiger partial charge in [-0.15, -0.1) is 11.6 Å². The molecule has 0 N–H and O–H groups in total. The molecule has 96 valence electrons. The summed E-state index contributed by atoms with van der Waals surface area (Å²) in [6.45, 7) is 3.61. The minimum atomic E-state index is -3.24. The summed E-state index contributed by atoms with van der Waals surface area (Å²) in [6, 6.07) is 3.42. The van der Waals surface area contributed by atoms with Gasteiger partial charge in [-0.3, -0.25) is 0 Å². The molecule has 0 saturated carbocycles. The zero-order valence-electron chi connectivity index (χ0n) is 10.3. The van der Waals surface area contributed by atoms with Gasteiger partial charge in [0.15, 0.2) is 9.84 Å². The normalized spacial score (nSPS) is 11.5. The number of rotatable bonds is 5. The van der Waals surface area contributed by atoms with Crippen LogP contribution in [-0.4, -0.2) is 27.2 Å². The molecule has 0 atom stereocenters. The van der Waals surface area contributed by atoms with E-state index in [2.05, 4.69) is 0 Å². The molecule has 17 heavy (non-hydrogen) atoms. The first kappa shape index (κ1) is 14.3. The van der Waals surface area contributed by atoms with Crippen molar-refractivity contribution in [2.24, 2.45) is 0 Å². The van der Waals surface area contributed by atoms with E-state index in [9.17, 15) is 8.42 Å². The molecule has 0 radical (unpaired) electrons. The van der Waals surface area contributed by atoms with Crippen LogP contribution in [0, 0.1) is 13.8 Å². The Kier molecular flexibility index (Phi) is 4.83. The van der Waals surface area contributed by atoms with Crippen LogP contribution in [0.1, 0.15) is 17.5 Å². The third-order valence-corrected chi connectivity index (χ3v) is 4.78. The van der Waals surface area contributed by atoms with Crippen molar-refractivity contribution in [3.8, 4) is 5.75 Å². The maximum absolute atomic E-state index is 12.1. The van der Waals surface area contributed by atoms with Crippen LogP contribution < -0.4 is 4.74 Å². The summed E-state index contributed by atoms with van der Waals surface area (Å²) < 4.78 is 29.3. The third-order valence-electron chi connectivity index (χ3n) is 2.57. The van der Waals surface area contributed by atoms with E-state index in [-0.39, 0.29) is 5.75 Å². The van der Waals surface area contributed by atoms with Crippen molar-refractivity contribution >= 4 is 21.4 Å². The zero-order chi connectivity index (χ0) is 13.1. The highest BCUT2D eigenvalue weighted by Gasteiger charge is 2.18. The number of ether oxygens (including phenoxy) is 1. The van der Waals surface area contributed by atoms with Crippen molar-refractivity contribution < 1.29 is 13.2 Å². The topological polar surface area (TPSA) is 43.4 Å². The number of hydrogen-bond acceptors (Lipinski definition) is 3. The van der Waals surface area contributed by atoms with E-state index in [0.29, 0.717) is 28.5 Å². The first-order chi connectivity index (χ1) is 7.92. The van der Waals surface area contributed by atoms with Gasteiger partial charge in [-0.05, 0) is 43.5 Å². The number of alkyl halides is 1. The molecule has 0 heterocycles. The van der Waals surface area contributed by atoms with Gasteiger partial charge >= 0.3 is 0 Å². The number of methoxy groups -OCH3 is 1. The van der Waals surface area contributed by atoms with Crippen molar-refractivity contribution in [1.82, 2.24) is 0 Å². The van der Waals surface area contributed by atoms with Crippen LogP contribution in [0.25, 0.3) is 0 Å². The third kappa shape index (κ3) is 3.36. The molecule has 1 aromatic rings. The van der Waals surface area contributed by atoms with Gasteiger partial charge in [0.2, 0.25) is 0 Å². The van der Waals surface area contributed by atoms with E-state index in [1.54, 1.807) is 26.2 Å². The summed E-state index contributed by atoms with van der Waals surface area (Å²) in [5.74, 6) is 1.15. The Bertz CT molecular complexity index is 495. The van der Waals surface area contributed by atoms with Crippen molar-refractivity contribution in [3.05, 3.63) is 23.3 Å². The minimum absolute atomic E-state index is 0.0864. The number of benzene rings is 1. The number of hydrogen-bond donors (Lipinski definition) is 0. The fourth-order valence-electron chi connectivity index (χ4n) is 1.67. The predicted octanol–water partition coefficient (Wildman–Crippen LogP) is 2.71. The number of halogens is 1. The second-order valence-corrected chi connectivity index (χ2v) is 6.40. The molecule has 0 bridgehead atoms. The molecule has 0 aliphatic carbocycles. The Morgan fingerprint density at radius 3 is 2.41 bits per heavy atom. The van der Waals surface area contributed by atoms with Crippen LogP contribution in [-0.2, 0) is 9.84 Å². The maximum atomic E-state index is 12.1. The van der Waals surface area contributed by atoms with Crippen LogP contribution in [0.5, 0.6) is 5.75 Å². The molecule has 0 aromatic heterocycles. The van der Waals surface area contributed by atoms with E-state index in [4.69, 9.17) is 16.3 Å². The zero-order valence-corrected chi connectivity index (χ0v) is 11.9. The van der Waals surface area contributed by atoms with E-state index in [1.807, 2.05) is 6.92 Å². The standard InChI is InChI=1S/C12H17ClO3S/c1-9-8-12(10(2)7-11(9)16-3)17(14,15)6-4-5-13/h7-8H,4-6H2,1-3H3. The first-order valence-electron chi connectivity index (χ1n) is 5.36. The average molecular weight is 277 g/mol. The minimum Gasteiger partial charge on any atom is -0.496 e. The Morgan fingerprint density at radius 2 is 1.88 bits per heavy atom. The second-order valence-electron chi connectivity index (χ2n) is 3.95. The van der Waals surface area contributed by atoms with Gasteiger partial charge in [-0.2, -0.15) is 0 Å². The fourth-order valence-corrected chi connectivity index (χ4v) is 3.61. The van der Waals surface area contributed by atoms with E-state index in [0.717, 1.165) is 5.56 Å². The molecular weight excluding hydrogens is 260 g/mol. The van der Waals surface area contributed by atoms with Crippen molar-refractivity contribution in [2.75, 3.05) is 18.7 Å². The predicted molar refractivity (Wildman–Crippen MR) is 69.9 cm³/mol. The monoisotopic (exact) mass is 276 g/mol. The van der Waals surface area contributed by atoms with Crippen LogP contribution in [0.15, 0.2) is 17.0 Å². The Hall–Kier alpha value is -0.740. The average Bonchev–Trinajstić information content (AvgIpc) is 2.28. The Balaban J connectivity index is 3.19. The van der Waals surface area contributed by atoms with Crippen LogP contribution in [0.4, 0.5) is 0 Å². The van der Waals surface area contributed by atoms with Crippen LogP contribution in [0.2, 0.25) is 0 Å². The fraction of sp³-hybridized carbons (Fsp3) is 0.500. The van der Waals surface area contributed by atoms with Crippen LogP contribution >= 0.6 is 11.6 Å². The van der Waals surface area contributed by atoms with Gasteiger partial charge in [0, 0.05) is 5.88 Å². The van der Waals surface area contributed by atoms with Crippen molar-refractivity contribution in [2.45, 2.75) is 25.2 Å². The molecule has 3 nitrogen and oxygen atoms in total. The molecule has 0 spiro atoms. The van der Waals surface area contributed by atoms with Crippen LogP contribution in [0.3, 0.4) is 0 Å². The van der Waals surface area contributed by atoms with Gasteiger partial charge in [-0.1, -0.05) is 0 Å². The molecule has 0 aliphatic rings. The lowest BCUT2D eigenvalue weighted by Gasteiger charge is -2.11. The smallest absolute Gasteiger partial charge is 0.178 e. The lowest BCUT2D eigenvalue weighted by atomic mass is 10.1. The Labute approximate surface area is 108 Å². The summed E-state index contributed by atoms with van der Waals surface area (Å²) in [5.41, 5.74) is 1.53. The second kappa shape index (κ2) is 5.74. The van der Waals surface area contributed by atoms with Gasteiger partial charge < -0.3 is 4.74 Å². The number of aryl methyl sites for hydroxylation is 2. The van der Waals surface area contributed by atoms with Gasteiger partial charge in [-0.25, -0.2) is 8.42 Å². The van der Waals surface area contributed by atoms with E-state index in [1.165, 1.54) is 0 Å². The lowest BCUT2D eigenvalue weighted by molar-refractivity contribution is 0.411. The summed E-state index contributed by atoms with van der Waals surface area (Å²) in [7, 11) is -1.67. The van der Waals surface area contributed by atoms with Gasteiger partial charge in [0.25, 0.3) is 0 Å². The molecule has 0 saturated heterocycles. The molecule has 0 aliphatic heterocycles. The van der Waals surface area contributed by atoms with Gasteiger partial charge in [0.1, 0.15) is 5.75 Å². The summed E-state index contributed by atoms with van der Waals surface area (Å²) in [4.78, 5) is 0.376. The molecule has 0 fully saturated rings. The molecular formula is C12H17ClO3S.